The smallest absolute Gasteiger partial charge is 0.279 e. The first kappa shape index (κ1) is 13.1. The molecule has 2 heterocycles. The minimum atomic E-state index is -0.152. The summed E-state index contributed by atoms with van der Waals surface area (Å²) >= 11 is 0. The first-order valence-electron chi connectivity index (χ1n) is 7.71. The van der Waals surface area contributed by atoms with Gasteiger partial charge in [0.05, 0.1) is 11.6 Å². The zero-order valence-electron chi connectivity index (χ0n) is 12.6. The average molecular weight is 312 g/mol. The SMILES string of the molecule is O=c1c2ccccc2cnn1-c1cccc2c1oc1ccccc12. The van der Waals surface area contributed by atoms with Crippen molar-refractivity contribution >= 4 is 32.7 Å². The molecular formula is C20H12N2O2. The monoisotopic (exact) mass is 312 g/mol. The topological polar surface area (TPSA) is 48.0 Å². The van der Waals surface area contributed by atoms with Gasteiger partial charge in [0.15, 0.2) is 5.58 Å². The van der Waals surface area contributed by atoms with E-state index in [0.717, 1.165) is 21.7 Å². The van der Waals surface area contributed by atoms with Crippen LogP contribution in [-0.2, 0) is 0 Å². The standard InChI is InChI=1S/C20H12N2O2/c23-20-14-7-2-1-6-13(14)12-21-22(20)17-10-5-9-16-15-8-3-4-11-18(15)24-19(16)17/h1-12H. The third-order valence-electron chi connectivity index (χ3n) is 4.31. The van der Waals surface area contributed by atoms with E-state index in [2.05, 4.69) is 5.10 Å². The van der Waals surface area contributed by atoms with Crippen LogP contribution >= 0.6 is 0 Å². The molecule has 0 radical (unpaired) electrons. The lowest BCUT2D eigenvalue weighted by Crippen LogP contribution is -2.20. The molecule has 114 valence electrons. The number of hydrogen-bond acceptors (Lipinski definition) is 3. The summed E-state index contributed by atoms with van der Waals surface area (Å²) in [6.07, 6.45) is 1.71. The van der Waals surface area contributed by atoms with Gasteiger partial charge >= 0.3 is 0 Å². The summed E-state index contributed by atoms with van der Waals surface area (Å²) in [6, 6.07) is 21.1. The molecule has 3 aromatic carbocycles. The maximum absolute atomic E-state index is 12.8. The Bertz CT molecular complexity index is 1280. The van der Waals surface area contributed by atoms with Crippen LogP contribution in [0.5, 0.6) is 0 Å². The number of aromatic nitrogens is 2. The van der Waals surface area contributed by atoms with Crippen molar-refractivity contribution in [3.63, 3.8) is 0 Å². The number of rotatable bonds is 1. The lowest BCUT2D eigenvalue weighted by atomic mass is 10.1. The summed E-state index contributed by atoms with van der Waals surface area (Å²) in [5.41, 5.74) is 1.97. The molecule has 0 N–H and O–H groups in total. The Balaban J connectivity index is 1.90. The van der Waals surface area contributed by atoms with Crippen molar-refractivity contribution in [1.29, 1.82) is 0 Å². The summed E-state index contributed by atoms with van der Waals surface area (Å²) in [7, 11) is 0. The predicted molar refractivity (Wildman–Crippen MR) is 94.6 cm³/mol. The van der Waals surface area contributed by atoms with Crippen molar-refractivity contribution in [2.24, 2.45) is 0 Å². The van der Waals surface area contributed by atoms with Crippen LogP contribution in [-0.4, -0.2) is 9.78 Å². The molecular weight excluding hydrogens is 300 g/mol. The number of fused-ring (bicyclic) bond motifs is 4. The molecule has 0 aliphatic carbocycles. The molecule has 5 aromatic rings. The van der Waals surface area contributed by atoms with Crippen LogP contribution in [0.1, 0.15) is 0 Å². The van der Waals surface area contributed by atoms with E-state index in [0.29, 0.717) is 16.7 Å². The van der Waals surface area contributed by atoms with E-state index in [-0.39, 0.29) is 5.56 Å². The second kappa shape index (κ2) is 4.80. The maximum Gasteiger partial charge on any atom is 0.279 e. The Morgan fingerprint density at radius 3 is 2.46 bits per heavy atom. The molecule has 0 bridgehead atoms. The average Bonchev–Trinajstić information content (AvgIpc) is 3.01. The molecule has 4 heteroatoms. The third-order valence-corrected chi connectivity index (χ3v) is 4.31. The van der Waals surface area contributed by atoms with Gasteiger partial charge in [0.25, 0.3) is 5.56 Å². The second-order valence-electron chi connectivity index (χ2n) is 5.70. The lowest BCUT2D eigenvalue weighted by molar-refractivity contribution is 0.659. The molecule has 0 amide bonds. The fraction of sp³-hybridized carbons (Fsp3) is 0. The largest absolute Gasteiger partial charge is 0.454 e. The number of nitrogens with zero attached hydrogens (tertiary/aromatic N) is 2. The summed E-state index contributed by atoms with van der Waals surface area (Å²) in [6.45, 7) is 0. The van der Waals surface area contributed by atoms with Gasteiger partial charge < -0.3 is 4.42 Å². The van der Waals surface area contributed by atoms with Crippen molar-refractivity contribution in [2.75, 3.05) is 0 Å². The van der Waals surface area contributed by atoms with Crippen LogP contribution in [0, 0.1) is 0 Å². The summed E-state index contributed by atoms with van der Waals surface area (Å²) in [5.74, 6) is 0. The quantitative estimate of drug-likeness (QED) is 0.464. The predicted octanol–water partition coefficient (Wildman–Crippen LogP) is 4.29. The van der Waals surface area contributed by atoms with Crippen molar-refractivity contribution in [2.45, 2.75) is 0 Å². The molecule has 0 saturated heterocycles. The van der Waals surface area contributed by atoms with E-state index < -0.39 is 0 Å². The number of furan rings is 1. The van der Waals surface area contributed by atoms with Crippen LogP contribution in [0.2, 0.25) is 0 Å². The van der Waals surface area contributed by atoms with Crippen LogP contribution in [0.4, 0.5) is 0 Å². The van der Waals surface area contributed by atoms with E-state index in [9.17, 15) is 4.79 Å². The van der Waals surface area contributed by atoms with E-state index in [1.807, 2.05) is 66.7 Å². The molecule has 5 rings (SSSR count). The zero-order chi connectivity index (χ0) is 16.1. The first-order valence-corrected chi connectivity index (χ1v) is 7.71. The second-order valence-corrected chi connectivity index (χ2v) is 5.70. The van der Waals surface area contributed by atoms with Crippen molar-refractivity contribution in [3.05, 3.63) is 83.3 Å². The van der Waals surface area contributed by atoms with Gasteiger partial charge in [0.2, 0.25) is 0 Å². The maximum atomic E-state index is 12.8. The Morgan fingerprint density at radius 2 is 1.54 bits per heavy atom. The molecule has 0 spiro atoms. The van der Waals surface area contributed by atoms with E-state index >= 15 is 0 Å². The van der Waals surface area contributed by atoms with Gasteiger partial charge in [-0.05, 0) is 18.2 Å². The van der Waals surface area contributed by atoms with Gasteiger partial charge in [-0.25, -0.2) is 0 Å². The molecule has 0 fully saturated rings. The molecule has 0 aliphatic rings. The molecule has 24 heavy (non-hydrogen) atoms. The summed E-state index contributed by atoms with van der Waals surface area (Å²) < 4.78 is 7.42. The number of para-hydroxylation sites is 2. The zero-order valence-corrected chi connectivity index (χ0v) is 12.6. The van der Waals surface area contributed by atoms with Gasteiger partial charge in [-0.3, -0.25) is 4.79 Å². The van der Waals surface area contributed by atoms with Gasteiger partial charge in [-0.15, -0.1) is 0 Å². The van der Waals surface area contributed by atoms with Crippen LogP contribution in [0.25, 0.3) is 38.4 Å². The Labute approximate surface area is 136 Å². The molecule has 0 atom stereocenters. The highest BCUT2D eigenvalue weighted by Crippen LogP contribution is 2.31. The molecule has 4 nitrogen and oxygen atoms in total. The Kier molecular flexibility index (Phi) is 2.61. The third kappa shape index (κ3) is 1.74. The highest BCUT2D eigenvalue weighted by Gasteiger charge is 2.14. The Morgan fingerprint density at radius 1 is 0.792 bits per heavy atom. The molecule has 0 aliphatic heterocycles. The van der Waals surface area contributed by atoms with Crippen LogP contribution in [0.3, 0.4) is 0 Å². The number of benzene rings is 3. The van der Waals surface area contributed by atoms with E-state index in [1.54, 1.807) is 6.20 Å². The molecule has 2 aromatic heterocycles. The highest BCUT2D eigenvalue weighted by atomic mass is 16.3. The van der Waals surface area contributed by atoms with Crippen molar-refractivity contribution in [1.82, 2.24) is 9.78 Å². The minimum absolute atomic E-state index is 0.152. The van der Waals surface area contributed by atoms with Gasteiger partial charge in [0.1, 0.15) is 11.3 Å². The summed E-state index contributed by atoms with van der Waals surface area (Å²) in [4.78, 5) is 12.8. The minimum Gasteiger partial charge on any atom is -0.454 e. The van der Waals surface area contributed by atoms with Gasteiger partial charge in [-0.1, -0.05) is 48.5 Å². The summed E-state index contributed by atoms with van der Waals surface area (Å²) in [5, 5.41) is 7.82. The van der Waals surface area contributed by atoms with E-state index in [4.69, 9.17) is 4.42 Å². The Hall–Kier alpha value is -3.40. The van der Waals surface area contributed by atoms with Crippen molar-refractivity contribution in [3.8, 4) is 5.69 Å². The van der Waals surface area contributed by atoms with Crippen LogP contribution in [0.15, 0.2) is 82.1 Å². The van der Waals surface area contributed by atoms with Crippen LogP contribution < -0.4 is 5.56 Å². The highest BCUT2D eigenvalue weighted by molar-refractivity contribution is 6.07. The molecule has 0 saturated carbocycles. The van der Waals surface area contributed by atoms with E-state index in [1.165, 1.54) is 4.68 Å². The van der Waals surface area contributed by atoms with Crippen molar-refractivity contribution < 1.29 is 4.42 Å². The fourth-order valence-corrected chi connectivity index (χ4v) is 3.16. The normalized spacial score (nSPS) is 11.5. The first-order chi connectivity index (χ1) is 11.8. The van der Waals surface area contributed by atoms with Gasteiger partial charge in [-0.2, -0.15) is 9.78 Å². The lowest BCUT2D eigenvalue weighted by Gasteiger charge is -2.06. The number of hydrogen-bond donors (Lipinski definition) is 0. The fourth-order valence-electron chi connectivity index (χ4n) is 3.16. The molecule has 0 unspecified atom stereocenters. The van der Waals surface area contributed by atoms with Gasteiger partial charge in [0, 0.05) is 16.2 Å².